The van der Waals surface area contributed by atoms with Gasteiger partial charge in [-0.3, -0.25) is 4.79 Å². The fraction of sp³-hybridized carbons (Fsp3) is 0.364. The topological polar surface area (TPSA) is 61.9 Å². The van der Waals surface area contributed by atoms with Crippen LogP contribution in [0.1, 0.15) is 46.4 Å². The monoisotopic (exact) mass is 469 g/mol. The number of carbonyl (C=O) groups excluding carboxylic acids is 2. The molecule has 6 nitrogen and oxygen atoms in total. The number of piperidine rings is 1. The van der Waals surface area contributed by atoms with Crippen LogP contribution in [0.4, 0.5) is 27.6 Å². The lowest BCUT2D eigenvalue weighted by atomic mass is 9.89. The van der Waals surface area contributed by atoms with E-state index in [0.29, 0.717) is 23.1 Å². The van der Waals surface area contributed by atoms with Gasteiger partial charge in [-0.05, 0) is 56.1 Å². The molecule has 11 heteroatoms. The molecule has 1 saturated heterocycles. The first-order valence-electron chi connectivity index (χ1n) is 10.2. The fourth-order valence-corrected chi connectivity index (χ4v) is 4.10. The quantitative estimate of drug-likeness (QED) is 0.688. The molecule has 4 rings (SSSR count). The fourth-order valence-electron chi connectivity index (χ4n) is 4.10. The molecular formula is C22H20F5N3O3. The van der Waals surface area contributed by atoms with E-state index in [-0.39, 0.29) is 5.56 Å². The smallest absolute Gasteiger partial charge is 0.330 e. The standard InChI is InChI=1S/C22H20F5N3O3/c1-29-8-6-13(7-9-29)12-2-4-14(5-3-12)19-28-20(31)16-10-15(23)11-17(24)18(16)30(19)33-21(32)22(25,26)27/h2-5,10-11,13,19H,6-9H2,1H3,(H,28,31). The number of amides is 1. The molecule has 2 heterocycles. The zero-order valence-corrected chi connectivity index (χ0v) is 17.5. The summed E-state index contributed by atoms with van der Waals surface area (Å²) in [6, 6.07) is 7.74. The molecule has 176 valence electrons. The van der Waals surface area contributed by atoms with Gasteiger partial charge in [-0.15, -0.1) is 0 Å². The van der Waals surface area contributed by atoms with Gasteiger partial charge in [-0.2, -0.15) is 18.2 Å². The summed E-state index contributed by atoms with van der Waals surface area (Å²) in [4.78, 5) is 30.7. The minimum absolute atomic E-state index is 0.254. The van der Waals surface area contributed by atoms with Gasteiger partial charge in [0.05, 0.1) is 5.56 Å². The molecule has 0 aromatic heterocycles. The highest BCUT2D eigenvalue weighted by Crippen LogP contribution is 2.38. The van der Waals surface area contributed by atoms with Gasteiger partial charge in [0.1, 0.15) is 11.5 Å². The lowest BCUT2D eigenvalue weighted by Crippen LogP contribution is -2.49. The molecule has 33 heavy (non-hydrogen) atoms. The van der Waals surface area contributed by atoms with E-state index in [2.05, 4.69) is 15.1 Å². The summed E-state index contributed by atoms with van der Waals surface area (Å²) in [5.41, 5.74) is -0.0883. The second-order valence-corrected chi connectivity index (χ2v) is 8.11. The maximum Gasteiger partial charge on any atom is 0.493 e. The zero-order chi connectivity index (χ0) is 23.9. The van der Waals surface area contributed by atoms with Crippen LogP contribution in [0, 0.1) is 11.6 Å². The van der Waals surface area contributed by atoms with E-state index in [9.17, 15) is 31.5 Å². The number of nitrogens with zero attached hydrogens (tertiary/aromatic N) is 2. The van der Waals surface area contributed by atoms with E-state index in [0.717, 1.165) is 31.5 Å². The second-order valence-electron chi connectivity index (χ2n) is 8.11. The van der Waals surface area contributed by atoms with Crippen LogP contribution in [0.25, 0.3) is 0 Å². The Morgan fingerprint density at radius 3 is 2.27 bits per heavy atom. The second kappa shape index (κ2) is 8.62. The third-order valence-electron chi connectivity index (χ3n) is 5.85. The molecular weight excluding hydrogens is 449 g/mol. The number of hydrogen-bond donors (Lipinski definition) is 1. The summed E-state index contributed by atoms with van der Waals surface area (Å²) < 4.78 is 66.9. The molecule has 2 aliphatic rings. The van der Waals surface area contributed by atoms with E-state index in [1.165, 1.54) is 0 Å². The molecule has 1 unspecified atom stereocenters. The van der Waals surface area contributed by atoms with Crippen LogP contribution in [0.15, 0.2) is 36.4 Å². The number of hydrogen-bond acceptors (Lipinski definition) is 5. The van der Waals surface area contributed by atoms with Crippen LogP contribution in [0.3, 0.4) is 0 Å². The summed E-state index contributed by atoms with van der Waals surface area (Å²) in [5.74, 6) is -5.68. The molecule has 0 spiro atoms. The third kappa shape index (κ3) is 4.63. The number of hydroxylamine groups is 1. The number of nitrogens with one attached hydrogen (secondary N) is 1. The predicted octanol–water partition coefficient (Wildman–Crippen LogP) is 4.04. The highest BCUT2D eigenvalue weighted by Gasteiger charge is 2.46. The van der Waals surface area contributed by atoms with Gasteiger partial charge in [0.25, 0.3) is 5.91 Å². The molecule has 1 N–H and O–H groups in total. The van der Waals surface area contributed by atoms with Crippen LogP contribution >= 0.6 is 0 Å². The van der Waals surface area contributed by atoms with Crippen molar-refractivity contribution < 1.29 is 36.4 Å². The van der Waals surface area contributed by atoms with E-state index in [1.807, 2.05) is 7.05 Å². The number of rotatable bonds is 3. The van der Waals surface area contributed by atoms with Crippen molar-refractivity contribution in [2.45, 2.75) is 31.1 Å². The first kappa shape index (κ1) is 23.0. The number of likely N-dealkylation sites (tertiary alicyclic amines) is 1. The molecule has 0 bridgehead atoms. The first-order valence-corrected chi connectivity index (χ1v) is 10.2. The molecule has 2 aromatic carbocycles. The maximum atomic E-state index is 14.6. The SMILES string of the molecule is CN1CCC(c2ccc(C3NC(=O)c4cc(F)cc(F)c4N3OC(=O)C(F)(F)F)cc2)CC1. The minimum atomic E-state index is -5.37. The minimum Gasteiger partial charge on any atom is -0.330 e. The van der Waals surface area contributed by atoms with Gasteiger partial charge < -0.3 is 15.1 Å². The number of halogens is 5. The number of fused-ring (bicyclic) bond motifs is 1. The van der Waals surface area contributed by atoms with Crippen LogP contribution in [0.2, 0.25) is 0 Å². The Balaban J connectivity index is 1.69. The molecule has 1 fully saturated rings. The molecule has 0 saturated carbocycles. The molecule has 2 aliphatic heterocycles. The Labute approximate surface area is 185 Å². The molecule has 1 atom stereocenters. The number of alkyl halides is 3. The Kier molecular flexibility index (Phi) is 6.00. The number of benzene rings is 2. The average Bonchev–Trinajstić information content (AvgIpc) is 2.75. The maximum absolute atomic E-state index is 14.6. The van der Waals surface area contributed by atoms with Crippen molar-refractivity contribution in [1.82, 2.24) is 10.2 Å². The van der Waals surface area contributed by atoms with Gasteiger partial charge in [0.2, 0.25) is 0 Å². The van der Waals surface area contributed by atoms with E-state index in [1.54, 1.807) is 24.3 Å². The Hall–Kier alpha value is -3.21. The van der Waals surface area contributed by atoms with E-state index >= 15 is 0 Å². The molecule has 0 radical (unpaired) electrons. The lowest BCUT2D eigenvalue weighted by Gasteiger charge is -2.37. The molecule has 1 amide bonds. The van der Waals surface area contributed by atoms with Crippen LogP contribution < -0.4 is 10.4 Å². The van der Waals surface area contributed by atoms with Crippen molar-refractivity contribution in [3.8, 4) is 0 Å². The van der Waals surface area contributed by atoms with Crippen molar-refractivity contribution in [2.75, 3.05) is 25.2 Å². The van der Waals surface area contributed by atoms with Gasteiger partial charge in [0.15, 0.2) is 12.0 Å². The largest absolute Gasteiger partial charge is 0.493 e. The lowest BCUT2D eigenvalue weighted by molar-refractivity contribution is -0.202. The summed E-state index contributed by atoms with van der Waals surface area (Å²) >= 11 is 0. The average molecular weight is 469 g/mol. The zero-order valence-electron chi connectivity index (χ0n) is 17.5. The summed E-state index contributed by atoms with van der Waals surface area (Å²) in [6.45, 7) is 1.86. The van der Waals surface area contributed by atoms with E-state index < -0.39 is 47.1 Å². The molecule has 2 aromatic rings. The Morgan fingerprint density at radius 2 is 1.67 bits per heavy atom. The van der Waals surface area contributed by atoms with Gasteiger partial charge >= 0.3 is 12.1 Å². The van der Waals surface area contributed by atoms with Crippen molar-refractivity contribution in [1.29, 1.82) is 0 Å². The highest BCUT2D eigenvalue weighted by atomic mass is 19.4. The predicted molar refractivity (Wildman–Crippen MR) is 107 cm³/mol. The highest BCUT2D eigenvalue weighted by molar-refractivity contribution is 6.02. The normalized spacial score (nSPS) is 19.8. The summed E-state index contributed by atoms with van der Waals surface area (Å²) in [5, 5.41) is 2.68. The third-order valence-corrected chi connectivity index (χ3v) is 5.85. The van der Waals surface area contributed by atoms with Crippen molar-refractivity contribution in [3.05, 3.63) is 64.7 Å². The Bertz CT molecular complexity index is 1070. The van der Waals surface area contributed by atoms with Gasteiger partial charge in [0, 0.05) is 6.07 Å². The summed E-state index contributed by atoms with van der Waals surface area (Å²) in [7, 11) is 2.03. The van der Waals surface area contributed by atoms with Crippen LogP contribution in [0.5, 0.6) is 0 Å². The van der Waals surface area contributed by atoms with Gasteiger partial charge in [-0.25, -0.2) is 13.6 Å². The van der Waals surface area contributed by atoms with E-state index in [4.69, 9.17) is 0 Å². The van der Waals surface area contributed by atoms with Crippen LogP contribution in [-0.4, -0.2) is 43.1 Å². The first-order chi connectivity index (χ1) is 15.5. The molecule has 0 aliphatic carbocycles. The number of carbonyl (C=O) groups is 2. The van der Waals surface area contributed by atoms with Crippen molar-refractivity contribution >= 4 is 17.6 Å². The van der Waals surface area contributed by atoms with Gasteiger partial charge in [-0.1, -0.05) is 24.3 Å². The van der Waals surface area contributed by atoms with Crippen LogP contribution in [-0.2, 0) is 9.63 Å². The summed E-state index contributed by atoms with van der Waals surface area (Å²) in [6.07, 6.45) is -4.95. The van der Waals surface area contributed by atoms with Crippen molar-refractivity contribution in [2.24, 2.45) is 0 Å². The van der Waals surface area contributed by atoms with Crippen molar-refractivity contribution in [3.63, 3.8) is 0 Å². The Morgan fingerprint density at radius 1 is 1.06 bits per heavy atom. The number of anilines is 1.